The number of aromatic nitrogens is 2. The standard InChI is InChI=1S/C17H27N5O2/c1-5-22(6-2)9-7-8-19-17-20-13-11-15(24-4)14(23-3)10-12(13)16(18)21-17/h10-11H,5-9H2,1-4H3,(H3,18,19,20,21). The molecule has 0 spiro atoms. The number of hydrogen-bond acceptors (Lipinski definition) is 7. The van der Waals surface area contributed by atoms with Gasteiger partial charge >= 0.3 is 0 Å². The van der Waals surface area contributed by atoms with Gasteiger partial charge in [0.05, 0.1) is 19.7 Å². The van der Waals surface area contributed by atoms with E-state index in [-0.39, 0.29) is 0 Å². The number of methoxy groups -OCH3 is 2. The first-order chi connectivity index (χ1) is 11.6. The normalized spacial score (nSPS) is 11.0. The molecule has 7 nitrogen and oxygen atoms in total. The largest absolute Gasteiger partial charge is 0.493 e. The molecule has 0 aliphatic carbocycles. The Kier molecular flexibility index (Phi) is 6.43. The first kappa shape index (κ1) is 18.1. The average Bonchev–Trinajstić information content (AvgIpc) is 2.60. The van der Waals surface area contributed by atoms with Gasteiger partial charge < -0.3 is 25.4 Å². The van der Waals surface area contributed by atoms with Crippen molar-refractivity contribution in [3.63, 3.8) is 0 Å². The Bertz CT molecular complexity index is 674. The van der Waals surface area contributed by atoms with Crippen molar-refractivity contribution in [3.8, 4) is 11.5 Å². The van der Waals surface area contributed by atoms with E-state index in [0.29, 0.717) is 23.3 Å². The minimum atomic E-state index is 0.423. The topological polar surface area (TPSA) is 85.5 Å². The summed E-state index contributed by atoms with van der Waals surface area (Å²) in [5.41, 5.74) is 6.80. The van der Waals surface area contributed by atoms with E-state index >= 15 is 0 Å². The van der Waals surface area contributed by atoms with Crippen LogP contribution in [0.3, 0.4) is 0 Å². The molecule has 0 saturated heterocycles. The lowest BCUT2D eigenvalue weighted by Crippen LogP contribution is -2.25. The minimum absolute atomic E-state index is 0.423. The van der Waals surface area contributed by atoms with Gasteiger partial charge in [0.2, 0.25) is 5.95 Å². The molecule has 0 fully saturated rings. The van der Waals surface area contributed by atoms with Crippen molar-refractivity contribution in [2.45, 2.75) is 20.3 Å². The Morgan fingerprint density at radius 2 is 1.75 bits per heavy atom. The van der Waals surface area contributed by atoms with Crippen molar-refractivity contribution in [2.75, 3.05) is 51.4 Å². The number of nitrogens with zero attached hydrogens (tertiary/aromatic N) is 3. The van der Waals surface area contributed by atoms with Gasteiger partial charge in [-0.1, -0.05) is 13.8 Å². The SMILES string of the molecule is CCN(CC)CCCNc1nc(N)c2cc(OC)c(OC)cc2n1. The van der Waals surface area contributed by atoms with Gasteiger partial charge in [-0.05, 0) is 32.1 Å². The molecule has 3 N–H and O–H groups in total. The average molecular weight is 333 g/mol. The maximum absolute atomic E-state index is 6.07. The molecule has 0 aliphatic heterocycles. The molecular formula is C17H27N5O2. The third-order valence-electron chi connectivity index (χ3n) is 4.06. The van der Waals surface area contributed by atoms with Gasteiger partial charge in [-0.2, -0.15) is 4.98 Å². The van der Waals surface area contributed by atoms with Crippen LogP contribution in [0.2, 0.25) is 0 Å². The molecule has 1 heterocycles. The molecule has 0 aliphatic rings. The third-order valence-corrected chi connectivity index (χ3v) is 4.06. The zero-order valence-electron chi connectivity index (χ0n) is 14.9. The summed E-state index contributed by atoms with van der Waals surface area (Å²) in [6.45, 7) is 8.33. The van der Waals surface area contributed by atoms with Crippen LogP contribution in [0.15, 0.2) is 12.1 Å². The molecule has 24 heavy (non-hydrogen) atoms. The highest BCUT2D eigenvalue weighted by Gasteiger charge is 2.11. The zero-order valence-corrected chi connectivity index (χ0v) is 14.9. The number of nitrogens with one attached hydrogen (secondary N) is 1. The van der Waals surface area contributed by atoms with E-state index in [0.717, 1.165) is 43.5 Å². The van der Waals surface area contributed by atoms with Crippen LogP contribution in [0.5, 0.6) is 11.5 Å². The Balaban J connectivity index is 2.12. The van der Waals surface area contributed by atoms with Gasteiger partial charge in [-0.3, -0.25) is 0 Å². The second-order valence-corrected chi connectivity index (χ2v) is 5.46. The molecule has 0 atom stereocenters. The molecule has 1 aromatic heterocycles. The van der Waals surface area contributed by atoms with Crippen LogP contribution in [-0.2, 0) is 0 Å². The maximum Gasteiger partial charge on any atom is 0.225 e. The number of ether oxygens (including phenoxy) is 2. The molecular weight excluding hydrogens is 306 g/mol. The fourth-order valence-electron chi connectivity index (χ4n) is 2.60. The van der Waals surface area contributed by atoms with E-state index < -0.39 is 0 Å². The van der Waals surface area contributed by atoms with Crippen LogP contribution in [-0.4, -0.2) is 55.3 Å². The lowest BCUT2D eigenvalue weighted by Gasteiger charge is -2.17. The third kappa shape index (κ3) is 4.17. The lowest BCUT2D eigenvalue weighted by atomic mass is 10.2. The lowest BCUT2D eigenvalue weighted by molar-refractivity contribution is 0.303. The van der Waals surface area contributed by atoms with Crippen molar-refractivity contribution in [2.24, 2.45) is 0 Å². The van der Waals surface area contributed by atoms with Gasteiger partial charge in [0.25, 0.3) is 0 Å². The summed E-state index contributed by atoms with van der Waals surface area (Å²) in [7, 11) is 3.19. The summed E-state index contributed by atoms with van der Waals surface area (Å²) in [6, 6.07) is 3.61. The number of nitrogen functional groups attached to an aromatic ring is 1. The minimum Gasteiger partial charge on any atom is -0.493 e. The summed E-state index contributed by atoms with van der Waals surface area (Å²) in [5, 5.41) is 4.00. The first-order valence-electron chi connectivity index (χ1n) is 8.28. The number of hydrogen-bond donors (Lipinski definition) is 2. The fraction of sp³-hybridized carbons (Fsp3) is 0.529. The first-order valence-corrected chi connectivity index (χ1v) is 8.28. The predicted molar refractivity (Wildman–Crippen MR) is 97.9 cm³/mol. The van der Waals surface area contributed by atoms with E-state index in [1.807, 2.05) is 6.07 Å². The monoisotopic (exact) mass is 333 g/mol. The smallest absolute Gasteiger partial charge is 0.225 e. The highest BCUT2D eigenvalue weighted by Crippen LogP contribution is 2.33. The van der Waals surface area contributed by atoms with Gasteiger partial charge in [-0.25, -0.2) is 4.98 Å². The Hall–Kier alpha value is -2.28. The van der Waals surface area contributed by atoms with Gasteiger partial charge in [0.1, 0.15) is 5.82 Å². The fourth-order valence-corrected chi connectivity index (χ4v) is 2.60. The van der Waals surface area contributed by atoms with Crippen molar-refractivity contribution in [3.05, 3.63) is 12.1 Å². The molecule has 0 radical (unpaired) electrons. The summed E-state index contributed by atoms with van der Waals surface area (Å²) >= 11 is 0. The quantitative estimate of drug-likeness (QED) is 0.681. The van der Waals surface area contributed by atoms with Gasteiger partial charge in [0, 0.05) is 18.0 Å². The Labute approximate surface area is 143 Å². The van der Waals surface area contributed by atoms with Crippen molar-refractivity contribution in [1.82, 2.24) is 14.9 Å². The molecule has 2 rings (SSSR count). The van der Waals surface area contributed by atoms with E-state index in [4.69, 9.17) is 15.2 Å². The molecule has 1 aromatic carbocycles. The second-order valence-electron chi connectivity index (χ2n) is 5.46. The number of rotatable bonds is 9. The molecule has 0 unspecified atom stereocenters. The van der Waals surface area contributed by atoms with Crippen molar-refractivity contribution < 1.29 is 9.47 Å². The van der Waals surface area contributed by atoms with E-state index in [1.165, 1.54) is 0 Å². The highest BCUT2D eigenvalue weighted by molar-refractivity contribution is 5.91. The van der Waals surface area contributed by atoms with Crippen LogP contribution in [0.25, 0.3) is 10.9 Å². The molecule has 7 heteroatoms. The molecule has 2 aromatic rings. The Morgan fingerprint density at radius 3 is 2.38 bits per heavy atom. The predicted octanol–water partition coefficient (Wildman–Crippen LogP) is 2.37. The number of nitrogens with two attached hydrogens (primary N) is 1. The second kappa shape index (κ2) is 8.54. The molecule has 0 amide bonds. The number of benzene rings is 1. The van der Waals surface area contributed by atoms with Crippen LogP contribution in [0, 0.1) is 0 Å². The van der Waals surface area contributed by atoms with Gasteiger partial charge in [0.15, 0.2) is 11.5 Å². The van der Waals surface area contributed by atoms with E-state index in [1.54, 1.807) is 20.3 Å². The van der Waals surface area contributed by atoms with Gasteiger partial charge in [-0.15, -0.1) is 0 Å². The number of fused-ring (bicyclic) bond motifs is 1. The van der Waals surface area contributed by atoms with E-state index in [2.05, 4.69) is 34.0 Å². The zero-order chi connectivity index (χ0) is 17.5. The molecule has 0 saturated carbocycles. The summed E-state index contributed by atoms with van der Waals surface area (Å²) in [6.07, 6.45) is 1.02. The summed E-state index contributed by atoms with van der Waals surface area (Å²) < 4.78 is 10.6. The maximum atomic E-state index is 6.07. The highest BCUT2D eigenvalue weighted by atomic mass is 16.5. The van der Waals surface area contributed by atoms with Crippen molar-refractivity contribution in [1.29, 1.82) is 0 Å². The molecule has 0 bridgehead atoms. The van der Waals surface area contributed by atoms with E-state index in [9.17, 15) is 0 Å². The van der Waals surface area contributed by atoms with Crippen LogP contribution in [0.1, 0.15) is 20.3 Å². The van der Waals surface area contributed by atoms with Crippen molar-refractivity contribution >= 4 is 22.7 Å². The Morgan fingerprint density at radius 1 is 1.08 bits per heavy atom. The van der Waals surface area contributed by atoms with Crippen LogP contribution >= 0.6 is 0 Å². The molecule has 132 valence electrons. The van der Waals surface area contributed by atoms with Crippen LogP contribution < -0.4 is 20.5 Å². The number of anilines is 2. The van der Waals surface area contributed by atoms with Crippen LogP contribution in [0.4, 0.5) is 11.8 Å². The summed E-state index contributed by atoms with van der Waals surface area (Å²) in [4.78, 5) is 11.2. The summed E-state index contributed by atoms with van der Waals surface area (Å²) in [5.74, 6) is 2.19.